The van der Waals surface area contributed by atoms with E-state index >= 15 is 0 Å². The highest BCUT2D eigenvalue weighted by atomic mass is 16.5. The fraction of sp³-hybridized carbons (Fsp3) is 0.542. The molecule has 30 heavy (non-hydrogen) atoms. The van der Waals surface area contributed by atoms with Crippen molar-refractivity contribution in [3.05, 3.63) is 35.7 Å². The molecule has 1 unspecified atom stereocenters. The first-order valence-corrected chi connectivity index (χ1v) is 10.7. The molecule has 1 saturated heterocycles. The van der Waals surface area contributed by atoms with Crippen molar-refractivity contribution in [1.29, 1.82) is 0 Å². The van der Waals surface area contributed by atoms with Crippen molar-refractivity contribution in [2.45, 2.75) is 71.8 Å². The molecule has 2 aromatic rings. The maximum Gasteiger partial charge on any atom is 0.408 e. The number of rotatable bonds is 6. The number of carbonyl (C=O) groups is 1. The smallest absolute Gasteiger partial charge is 0.408 e. The van der Waals surface area contributed by atoms with Crippen LogP contribution in [0.3, 0.4) is 0 Å². The second kappa shape index (κ2) is 8.91. The third-order valence-electron chi connectivity index (χ3n) is 5.94. The van der Waals surface area contributed by atoms with Gasteiger partial charge in [0.25, 0.3) is 5.89 Å². The van der Waals surface area contributed by atoms with E-state index in [1.807, 2.05) is 45.0 Å². The number of aromatic nitrogens is 2. The van der Waals surface area contributed by atoms with Crippen molar-refractivity contribution in [2.75, 3.05) is 6.54 Å². The fourth-order valence-corrected chi connectivity index (χ4v) is 4.05. The molecular formula is C24H31N3O3. The normalized spacial score (nSPS) is 18.5. The van der Waals surface area contributed by atoms with Crippen molar-refractivity contribution in [3.8, 4) is 23.2 Å². The summed E-state index contributed by atoms with van der Waals surface area (Å²) in [5.41, 5.74) is 0.612. The van der Waals surface area contributed by atoms with Crippen LogP contribution in [0, 0.1) is 17.3 Å². The van der Waals surface area contributed by atoms with E-state index in [-0.39, 0.29) is 5.41 Å². The van der Waals surface area contributed by atoms with E-state index in [0.29, 0.717) is 24.7 Å². The number of likely N-dealkylation sites (tertiary alicyclic amines) is 1. The van der Waals surface area contributed by atoms with E-state index in [0.717, 1.165) is 24.0 Å². The van der Waals surface area contributed by atoms with E-state index < -0.39 is 11.6 Å². The first-order valence-electron chi connectivity index (χ1n) is 10.7. The molecule has 1 N–H and O–H groups in total. The highest BCUT2D eigenvalue weighted by Crippen LogP contribution is 2.52. The highest BCUT2D eigenvalue weighted by molar-refractivity contribution is 5.68. The topological polar surface area (TPSA) is 79.5 Å². The van der Waals surface area contributed by atoms with Gasteiger partial charge in [-0.3, -0.25) is 4.90 Å². The first-order chi connectivity index (χ1) is 14.3. The minimum absolute atomic E-state index is 0.356. The van der Waals surface area contributed by atoms with Gasteiger partial charge in [-0.25, -0.2) is 4.79 Å². The second-order valence-electron chi connectivity index (χ2n) is 8.91. The van der Waals surface area contributed by atoms with Gasteiger partial charge in [0.15, 0.2) is 0 Å². The monoisotopic (exact) mass is 409 g/mol. The summed E-state index contributed by atoms with van der Waals surface area (Å²) in [7, 11) is 0. The number of nitrogens with zero attached hydrogens (tertiary/aromatic N) is 3. The van der Waals surface area contributed by atoms with E-state index in [1.54, 1.807) is 0 Å². The summed E-state index contributed by atoms with van der Waals surface area (Å²) in [4.78, 5) is 17.7. The van der Waals surface area contributed by atoms with Crippen LogP contribution in [0.15, 0.2) is 28.8 Å². The molecule has 0 spiro atoms. The molecule has 0 saturated carbocycles. The molecule has 3 rings (SSSR count). The standard InChI is InChI=1S/C24H31N3O3/c1-5-6-7-8-9-10-11-18-12-14-19(15-13-18)20-25-21(30-26-20)24(23(2,3)4)16-17-27(24)22(28)29/h12-15H,5-9,16-17H2,1-4H3,(H,28,29). The molecule has 1 aromatic carbocycles. The van der Waals surface area contributed by atoms with Gasteiger partial charge in [-0.05, 0) is 42.5 Å². The molecule has 1 aliphatic rings. The van der Waals surface area contributed by atoms with Gasteiger partial charge in [0.2, 0.25) is 5.82 Å². The molecule has 6 heteroatoms. The number of hydrogen-bond acceptors (Lipinski definition) is 4. The molecule has 0 aliphatic carbocycles. The number of unbranched alkanes of at least 4 members (excludes halogenated alkanes) is 4. The lowest BCUT2D eigenvalue weighted by Gasteiger charge is -2.55. The second-order valence-corrected chi connectivity index (χ2v) is 8.91. The predicted octanol–water partition coefficient (Wildman–Crippen LogP) is 5.68. The number of benzene rings is 1. The van der Waals surface area contributed by atoms with Gasteiger partial charge < -0.3 is 9.63 Å². The Bertz CT molecular complexity index is 931. The minimum atomic E-state index is -0.964. The van der Waals surface area contributed by atoms with Gasteiger partial charge in [0.05, 0.1) is 0 Å². The molecule has 1 aromatic heterocycles. The minimum Gasteiger partial charge on any atom is -0.465 e. The van der Waals surface area contributed by atoms with E-state index in [9.17, 15) is 9.90 Å². The average molecular weight is 410 g/mol. The Morgan fingerprint density at radius 2 is 1.97 bits per heavy atom. The summed E-state index contributed by atoms with van der Waals surface area (Å²) in [6, 6.07) is 7.76. The quantitative estimate of drug-likeness (QED) is 0.490. The van der Waals surface area contributed by atoms with Gasteiger partial charge in [-0.1, -0.05) is 64.0 Å². The SMILES string of the molecule is CCCCCCC#Cc1ccc(-c2noc(C3(C(C)(C)C)CCN3C(=O)O)n2)cc1. The first kappa shape index (κ1) is 21.9. The Labute approximate surface area is 178 Å². The zero-order valence-electron chi connectivity index (χ0n) is 18.4. The van der Waals surface area contributed by atoms with Crippen LogP contribution in [0.2, 0.25) is 0 Å². The van der Waals surface area contributed by atoms with Crippen molar-refractivity contribution in [3.63, 3.8) is 0 Å². The summed E-state index contributed by atoms with van der Waals surface area (Å²) >= 11 is 0. The van der Waals surface area contributed by atoms with E-state index in [2.05, 4.69) is 28.9 Å². The third kappa shape index (κ3) is 4.21. The number of carboxylic acid groups (broad SMARTS) is 1. The van der Waals surface area contributed by atoms with Crippen LogP contribution in [0.1, 0.15) is 77.7 Å². The Kier molecular flexibility index (Phi) is 6.50. The van der Waals surface area contributed by atoms with Gasteiger partial charge in [0, 0.05) is 24.1 Å². The van der Waals surface area contributed by atoms with Crippen LogP contribution in [0.25, 0.3) is 11.4 Å². The predicted molar refractivity (Wildman–Crippen MR) is 116 cm³/mol. The lowest BCUT2D eigenvalue weighted by Crippen LogP contribution is -2.65. The van der Waals surface area contributed by atoms with Crippen molar-refractivity contribution in [1.82, 2.24) is 15.0 Å². The molecule has 1 fully saturated rings. The maximum absolute atomic E-state index is 11.7. The van der Waals surface area contributed by atoms with Crippen molar-refractivity contribution in [2.24, 2.45) is 5.41 Å². The van der Waals surface area contributed by atoms with Crippen molar-refractivity contribution >= 4 is 6.09 Å². The zero-order valence-corrected chi connectivity index (χ0v) is 18.4. The molecule has 160 valence electrons. The molecule has 6 nitrogen and oxygen atoms in total. The van der Waals surface area contributed by atoms with E-state index in [4.69, 9.17) is 4.52 Å². The van der Waals surface area contributed by atoms with Crippen LogP contribution >= 0.6 is 0 Å². The van der Waals surface area contributed by atoms with Gasteiger partial charge in [-0.2, -0.15) is 4.98 Å². The Balaban J connectivity index is 1.75. The lowest BCUT2D eigenvalue weighted by atomic mass is 9.65. The Morgan fingerprint density at radius 3 is 2.53 bits per heavy atom. The van der Waals surface area contributed by atoms with Gasteiger partial charge >= 0.3 is 6.09 Å². The van der Waals surface area contributed by atoms with Crippen molar-refractivity contribution < 1.29 is 14.4 Å². The van der Waals surface area contributed by atoms with Crippen LogP contribution in [0.4, 0.5) is 4.79 Å². The largest absolute Gasteiger partial charge is 0.465 e. The summed E-state index contributed by atoms with van der Waals surface area (Å²) in [6.45, 7) is 8.68. The summed E-state index contributed by atoms with van der Waals surface area (Å²) < 4.78 is 5.58. The highest BCUT2D eigenvalue weighted by Gasteiger charge is 2.60. The summed E-state index contributed by atoms with van der Waals surface area (Å²) in [5, 5.41) is 13.7. The third-order valence-corrected chi connectivity index (χ3v) is 5.94. The maximum atomic E-state index is 11.7. The molecular weight excluding hydrogens is 378 g/mol. The molecule has 1 atom stereocenters. The van der Waals surface area contributed by atoms with Crippen LogP contribution in [0.5, 0.6) is 0 Å². The summed E-state index contributed by atoms with van der Waals surface area (Å²) in [6.07, 6.45) is 5.50. The molecule has 0 radical (unpaired) electrons. The van der Waals surface area contributed by atoms with Crippen LogP contribution < -0.4 is 0 Å². The van der Waals surface area contributed by atoms with Gasteiger partial charge in [0.1, 0.15) is 5.54 Å². The lowest BCUT2D eigenvalue weighted by molar-refractivity contribution is -0.0969. The molecule has 1 amide bonds. The molecule has 1 aliphatic heterocycles. The Morgan fingerprint density at radius 1 is 1.23 bits per heavy atom. The van der Waals surface area contributed by atoms with E-state index in [1.165, 1.54) is 24.2 Å². The van der Waals surface area contributed by atoms with Crippen LogP contribution in [-0.4, -0.2) is 32.8 Å². The zero-order chi connectivity index (χ0) is 21.8. The average Bonchev–Trinajstić information content (AvgIpc) is 3.13. The summed E-state index contributed by atoms with van der Waals surface area (Å²) in [5.74, 6) is 7.25. The molecule has 0 bridgehead atoms. The number of hydrogen-bond donors (Lipinski definition) is 1. The fourth-order valence-electron chi connectivity index (χ4n) is 4.05. The van der Waals surface area contributed by atoms with Gasteiger partial charge in [-0.15, -0.1) is 0 Å². The van der Waals surface area contributed by atoms with Crippen LogP contribution in [-0.2, 0) is 5.54 Å². The molecule has 2 heterocycles. The Hall–Kier alpha value is -2.81. The number of amides is 1.